The smallest absolute Gasteiger partial charge is 0.340 e. The van der Waals surface area contributed by atoms with Crippen molar-refractivity contribution in [1.29, 1.82) is 0 Å². The normalized spacial score (nSPS) is 14.6. The summed E-state index contributed by atoms with van der Waals surface area (Å²) in [5, 5.41) is 21.3. The molecule has 2 aromatic heterocycles. The highest BCUT2D eigenvalue weighted by atomic mass is 19.1. The van der Waals surface area contributed by atoms with Gasteiger partial charge >= 0.3 is 5.97 Å². The van der Waals surface area contributed by atoms with Gasteiger partial charge in [-0.3, -0.25) is 24.0 Å². The summed E-state index contributed by atoms with van der Waals surface area (Å²) < 4.78 is 26.9. The van der Waals surface area contributed by atoms with Crippen LogP contribution in [-0.4, -0.2) is 83.3 Å². The zero-order valence-electron chi connectivity index (χ0n) is 30.6. The van der Waals surface area contributed by atoms with Gasteiger partial charge < -0.3 is 46.1 Å². The van der Waals surface area contributed by atoms with E-state index in [9.17, 15) is 38.3 Å². The van der Waals surface area contributed by atoms with Crippen molar-refractivity contribution in [3.63, 3.8) is 0 Å². The van der Waals surface area contributed by atoms with Crippen molar-refractivity contribution in [2.75, 3.05) is 33.0 Å². The Bertz CT molecular complexity index is 2250. The molecule has 4 amide bonds. The SMILES string of the molecule is Cc1cc2c(CCCCOCNC(=O)CNC(=O)C(Cc3ccccc3)NC(=O)CNC(=O)CN)c3c(nc2cc1F)-c1cc2c(c(=O)n1C3)COC(=O)C2O. The lowest BCUT2D eigenvalue weighted by atomic mass is 9.94. The number of nitrogens with one attached hydrogen (secondary N) is 4. The Morgan fingerprint density at radius 3 is 2.55 bits per heavy atom. The van der Waals surface area contributed by atoms with E-state index in [0.717, 1.165) is 22.1 Å². The van der Waals surface area contributed by atoms with E-state index < -0.39 is 53.1 Å². The third kappa shape index (κ3) is 8.91. The second kappa shape index (κ2) is 17.6. The van der Waals surface area contributed by atoms with Gasteiger partial charge in [-0.15, -0.1) is 0 Å². The molecule has 56 heavy (non-hydrogen) atoms. The summed E-state index contributed by atoms with van der Waals surface area (Å²) in [6.07, 6.45) is 0.328. The number of aliphatic hydroxyl groups is 1. The Morgan fingerprint density at radius 2 is 1.79 bits per heavy atom. The number of hydrogen-bond donors (Lipinski definition) is 6. The Kier molecular flexibility index (Phi) is 12.5. The van der Waals surface area contributed by atoms with Gasteiger partial charge in [-0.05, 0) is 55.0 Å². The van der Waals surface area contributed by atoms with Crippen molar-refractivity contribution >= 4 is 40.5 Å². The zero-order valence-corrected chi connectivity index (χ0v) is 30.6. The van der Waals surface area contributed by atoms with Gasteiger partial charge in [-0.2, -0.15) is 0 Å². The van der Waals surface area contributed by atoms with Gasteiger partial charge in [0.05, 0.1) is 48.6 Å². The molecule has 0 spiro atoms. The van der Waals surface area contributed by atoms with E-state index in [1.807, 2.05) is 6.07 Å². The fourth-order valence-electron chi connectivity index (χ4n) is 6.74. The van der Waals surface area contributed by atoms with Crippen LogP contribution in [0.2, 0.25) is 0 Å². The second-order valence-electron chi connectivity index (χ2n) is 13.5. The molecule has 4 heterocycles. The maximum absolute atomic E-state index is 14.7. The van der Waals surface area contributed by atoms with Gasteiger partial charge in [0.2, 0.25) is 23.6 Å². The summed E-state index contributed by atoms with van der Waals surface area (Å²) in [5.74, 6) is -3.48. The first kappa shape index (κ1) is 39.6. The molecule has 2 aromatic carbocycles. The zero-order chi connectivity index (χ0) is 39.9. The fourth-order valence-corrected chi connectivity index (χ4v) is 6.74. The van der Waals surface area contributed by atoms with E-state index in [0.29, 0.717) is 41.7 Å². The summed E-state index contributed by atoms with van der Waals surface area (Å²) >= 11 is 0. The van der Waals surface area contributed by atoms with Crippen molar-refractivity contribution in [3.8, 4) is 11.4 Å². The molecule has 2 aliphatic heterocycles. The predicted molar refractivity (Wildman–Crippen MR) is 199 cm³/mol. The second-order valence-corrected chi connectivity index (χ2v) is 13.5. The minimum absolute atomic E-state index is 0.118. The maximum Gasteiger partial charge on any atom is 0.340 e. The minimum atomic E-state index is -1.59. The molecule has 0 bridgehead atoms. The van der Waals surface area contributed by atoms with Crippen molar-refractivity contribution in [2.45, 2.75) is 57.9 Å². The molecule has 2 atom stereocenters. The van der Waals surface area contributed by atoms with Crippen LogP contribution in [0.5, 0.6) is 0 Å². The first-order valence-electron chi connectivity index (χ1n) is 18.1. The molecule has 2 aliphatic rings. The lowest BCUT2D eigenvalue weighted by Crippen LogP contribution is -2.52. The van der Waals surface area contributed by atoms with Gasteiger partial charge in [-0.1, -0.05) is 30.3 Å². The van der Waals surface area contributed by atoms with E-state index in [1.165, 1.54) is 10.6 Å². The summed E-state index contributed by atoms with van der Waals surface area (Å²) in [6, 6.07) is 12.7. The number of aliphatic hydroxyl groups excluding tert-OH is 1. The molecule has 0 saturated carbocycles. The number of carbonyl (C=O) groups excluding carboxylic acids is 5. The average molecular weight is 772 g/mol. The number of esters is 1. The summed E-state index contributed by atoms with van der Waals surface area (Å²) in [6.45, 7) is 0.784. The van der Waals surface area contributed by atoms with Crippen molar-refractivity contribution in [3.05, 3.63) is 98.1 Å². The number of ether oxygens (including phenoxy) is 2. The number of halogens is 1. The van der Waals surface area contributed by atoms with Crippen LogP contribution < -0.4 is 32.6 Å². The monoisotopic (exact) mass is 771 g/mol. The molecule has 0 radical (unpaired) electrons. The standard InChI is InChI=1S/C39H42FN7O9/c1-21-11-24-23(26-18-47-31(35(26)46-29(24)14-28(21)40)13-25-27(38(47)53)19-56-39(54)36(25)51)9-5-6-10-55-20-44-33(49)16-43-37(52)30(12-22-7-3-2-4-8-22)45-34(50)17-42-32(48)15-41/h2-4,7-8,11,13-14,30,36,51H,5-6,9-10,12,15-20,41H2,1H3,(H,42,48)(H,43,52)(H,44,49)(H,45,50). The van der Waals surface area contributed by atoms with Crippen LogP contribution in [0.3, 0.4) is 0 Å². The number of pyridine rings is 2. The lowest BCUT2D eigenvalue weighted by molar-refractivity contribution is -0.157. The molecule has 0 aliphatic carbocycles. The fraction of sp³-hybridized carbons (Fsp3) is 0.359. The minimum Gasteiger partial charge on any atom is -0.458 e. The molecule has 2 unspecified atom stereocenters. The number of amides is 4. The molecule has 0 fully saturated rings. The molecule has 6 rings (SSSR count). The number of fused-ring (bicyclic) bond motifs is 5. The van der Waals surface area contributed by atoms with Crippen LogP contribution in [0.1, 0.15) is 52.3 Å². The van der Waals surface area contributed by atoms with Crippen molar-refractivity contribution in [2.24, 2.45) is 5.73 Å². The number of nitrogens with zero attached hydrogens (tertiary/aromatic N) is 2. The third-order valence-corrected chi connectivity index (χ3v) is 9.68. The van der Waals surface area contributed by atoms with Crippen LogP contribution in [0.25, 0.3) is 22.3 Å². The van der Waals surface area contributed by atoms with E-state index in [4.69, 9.17) is 20.2 Å². The first-order chi connectivity index (χ1) is 26.9. The quantitative estimate of drug-likeness (QED) is 0.0454. The number of cyclic esters (lactones) is 1. The molecule has 0 saturated heterocycles. The summed E-state index contributed by atoms with van der Waals surface area (Å²) in [5.41, 5.74) is 9.49. The van der Waals surface area contributed by atoms with Crippen LogP contribution in [0.4, 0.5) is 4.39 Å². The van der Waals surface area contributed by atoms with Crippen molar-refractivity contribution < 1.29 is 42.9 Å². The van der Waals surface area contributed by atoms with Gasteiger partial charge in [0.25, 0.3) is 5.56 Å². The Balaban J connectivity index is 1.02. The van der Waals surface area contributed by atoms with Crippen LogP contribution in [0, 0.1) is 12.7 Å². The number of nitrogens with two attached hydrogens (primary N) is 1. The van der Waals surface area contributed by atoms with E-state index in [1.54, 1.807) is 43.3 Å². The molecule has 294 valence electrons. The van der Waals surface area contributed by atoms with Crippen molar-refractivity contribution in [1.82, 2.24) is 30.8 Å². The van der Waals surface area contributed by atoms with E-state index in [-0.39, 0.29) is 63.7 Å². The molecule has 16 nitrogen and oxygen atoms in total. The average Bonchev–Trinajstić information content (AvgIpc) is 3.56. The van der Waals surface area contributed by atoms with Gasteiger partial charge in [-0.25, -0.2) is 14.2 Å². The molecule has 7 N–H and O–H groups in total. The maximum atomic E-state index is 14.7. The third-order valence-electron chi connectivity index (χ3n) is 9.68. The highest BCUT2D eigenvalue weighted by molar-refractivity contribution is 5.92. The van der Waals surface area contributed by atoms with Gasteiger partial charge in [0, 0.05) is 35.6 Å². The van der Waals surface area contributed by atoms with E-state index in [2.05, 4.69) is 21.3 Å². The molecular formula is C39H42FN7O9. The number of aryl methyl sites for hydroxylation is 2. The number of unbranched alkanes of at least 4 members (excludes halogenated alkanes) is 1. The highest BCUT2D eigenvalue weighted by Crippen LogP contribution is 2.39. The summed E-state index contributed by atoms with van der Waals surface area (Å²) in [7, 11) is 0. The number of benzene rings is 2. The summed E-state index contributed by atoms with van der Waals surface area (Å²) in [4.78, 5) is 79.6. The van der Waals surface area contributed by atoms with E-state index >= 15 is 0 Å². The van der Waals surface area contributed by atoms with Crippen LogP contribution in [-0.2, 0) is 59.4 Å². The Morgan fingerprint density at radius 1 is 1.02 bits per heavy atom. The van der Waals surface area contributed by atoms with Crippen LogP contribution in [0.15, 0.2) is 53.3 Å². The predicted octanol–water partition coefficient (Wildman–Crippen LogP) is 0.295. The molecule has 4 aromatic rings. The van der Waals surface area contributed by atoms with Crippen LogP contribution >= 0.6 is 0 Å². The lowest BCUT2D eigenvalue weighted by Gasteiger charge is -2.21. The number of carbonyl (C=O) groups is 5. The highest BCUT2D eigenvalue weighted by Gasteiger charge is 2.35. The first-order valence-corrected chi connectivity index (χ1v) is 18.1. The number of hydrogen-bond acceptors (Lipinski definition) is 11. The largest absolute Gasteiger partial charge is 0.458 e. The Hall–Kier alpha value is -6.04. The number of aromatic nitrogens is 2. The van der Waals surface area contributed by atoms with Gasteiger partial charge in [0.15, 0.2) is 6.10 Å². The molecular weight excluding hydrogens is 729 g/mol. The topological polar surface area (TPSA) is 233 Å². The molecule has 17 heteroatoms. The van der Waals surface area contributed by atoms with Gasteiger partial charge in [0.1, 0.15) is 25.2 Å². The number of rotatable bonds is 16. The Labute approximate surface area is 319 Å².